The van der Waals surface area contributed by atoms with Gasteiger partial charge < -0.3 is 21.1 Å². The Morgan fingerprint density at radius 1 is 1.37 bits per heavy atom. The molecular weight excluding hydrogens is 262 g/mol. The van der Waals surface area contributed by atoms with Gasteiger partial charge in [0.2, 0.25) is 0 Å². The molecule has 19 heavy (non-hydrogen) atoms. The predicted molar refractivity (Wildman–Crippen MR) is 80.2 cm³/mol. The molecule has 1 fully saturated rings. The molecule has 0 aromatic carbocycles. The lowest BCUT2D eigenvalue weighted by molar-refractivity contribution is 0.0818. The van der Waals surface area contributed by atoms with Crippen LogP contribution in [-0.4, -0.2) is 39.3 Å². The van der Waals surface area contributed by atoms with Crippen molar-refractivity contribution in [2.75, 3.05) is 6.54 Å². The van der Waals surface area contributed by atoms with Gasteiger partial charge in [-0.1, -0.05) is 0 Å². The third-order valence-electron chi connectivity index (χ3n) is 3.67. The maximum absolute atomic E-state index is 11.3. The lowest BCUT2D eigenvalue weighted by Gasteiger charge is -2.38. The molecular formula is C13H25N3O2S. The molecule has 0 aromatic heterocycles. The topological polar surface area (TPSA) is 78.6 Å². The van der Waals surface area contributed by atoms with Crippen molar-refractivity contribution in [1.29, 1.82) is 0 Å². The van der Waals surface area contributed by atoms with Gasteiger partial charge in [-0.3, -0.25) is 0 Å². The normalized spacial score (nSPS) is 23.7. The van der Waals surface area contributed by atoms with Gasteiger partial charge in [0, 0.05) is 18.1 Å². The van der Waals surface area contributed by atoms with Gasteiger partial charge in [-0.25, -0.2) is 4.79 Å². The second-order valence-electron chi connectivity index (χ2n) is 6.29. The number of amides is 1. The van der Waals surface area contributed by atoms with Crippen LogP contribution in [0.3, 0.4) is 0 Å². The number of hydrogen-bond acceptors (Lipinski definition) is 2. The van der Waals surface area contributed by atoms with Crippen LogP contribution in [0.15, 0.2) is 0 Å². The van der Waals surface area contributed by atoms with E-state index >= 15 is 0 Å². The average molecular weight is 287 g/mol. The van der Waals surface area contributed by atoms with Gasteiger partial charge in [-0.2, -0.15) is 0 Å². The van der Waals surface area contributed by atoms with Crippen LogP contribution in [-0.2, 0) is 0 Å². The summed E-state index contributed by atoms with van der Waals surface area (Å²) in [5, 5.41) is 12.7. The van der Waals surface area contributed by atoms with Crippen LogP contribution in [0.5, 0.6) is 0 Å². The van der Waals surface area contributed by atoms with Gasteiger partial charge in [0.1, 0.15) is 0 Å². The van der Waals surface area contributed by atoms with Crippen LogP contribution in [0.1, 0.15) is 46.5 Å². The summed E-state index contributed by atoms with van der Waals surface area (Å²) in [5.41, 5.74) is 5.12. The Bertz CT molecular complexity index is 333. The van der Waals surface area contributed by atoms with Gasteiger partial charge in [0.05, 0.1) is 0 Å². The number of nitrogens with one attached hydrogen (secondary N) is 1. The van der Waals surface area contributed by atoms with E-state index in [9.17, 15) is 9.90 Å². The Morgan fingerprint density at radius 3 is 2.26 bits per heavy atom. The summed E-state index contributed by atoms with van der Waals surface area (Å²) >= 11 is 4.84. The SMILES string of the molecule is CC(C)(C)N(C[C@H]1CC[C@H](NC(N)=S)CC1)C(=O)O. The third-order valence-corrected chi connectivity index (χ3v) is 3.79. The summed E-state index contributed by atoms with van der Waals surface area (Å²) < 4.78 is 0. The fraction of sp³-hybridized carbons (Fsp3) is 0.846. The molecule has 1 aliphatic carbocycles. The van der Waals surface area contributed by atoms with Gasteiger partial charge in [-0.05, 0) is 64.6 Å². The molecule has 0 radical (unpaired) electrons. The number of nitrogens with zero attached hydrogens (tertiary/aromatic N) is 1. The van der Waals surface area contributed by atoms with E-state index in [0.717, 1.165) is 25.7 Å². The van der Waals surface area contributed by atoms with Crippen molar-refractivity contribution in [3.63, 3.8) is 0 Å². The van der Waals surface area contributed by atoms with Crippen LogP contribution >= 0.6 is 12.2 Å². The van der Waals surface area contributed by atoms with Crippen LogP contribution in [0.4, 0.5) is 4.79 Å². The minimum Gasteiger partial charge on any atom is -0.465 e. The first-order chi connectivity index (χ1) is 8.70. The fourth-order valence-electron chi connectivity index (χ4n) is 2.59. The molecule has 4 N–H and O–H groups in total. The molecule has 5 nitrogen and oxygen atoms in total. The smallest absolute Gasteiger partial charge is 0.407 e. The summed E-state index contributed by atoms with van der Waals surface area (Å²) in [6, 6.07) is 0.349. The second kappa shape index (κ2) is 6.41. The van der Waals surface area contributed by atoms with Crippen LogP contribution in [0, 0.1) is 5.92 Å². The Kier molecular flexibility index (Phi) is 5.40. The molecule has 1 rings (SSSR count). The van der Waals surface area contributed by atoms with E-state index in [-0.39, 0.29) is 5.54 Å². The Labute approximate surface area is 120 Å². The van der Waals surface area contributed by atoms with E-state index in [4.69, 9.17) is 18.0 Å². The van der Waals surface area contributed by atoms with Crippen LogP contribution in [0.2, 0.25) is 0 Å². The molecule has 0 spiro atoms. The number of rotatable bonds is 3. The highest BCUT2D eigenvalue weighted by Gasteiger charge is 2.30. The molecule has 0 saturated heterocycles. The maximum atomic E-state index is 11.3. The number of carbonyl (C=O) groups is 1. The van der Waals surface area contributed by atoms with Crippen molar-refractivity contribution in [3.8, 4) is 0 Å². The van der Waals surface area contributed by atoms with E-state index in [1.807, 2.05) is 20.8 Å². The number of thiocarbonyl (C=S) groups is 1. The van der Waals surface area contributed by atoms with E-state index in [2.05, 4.69) is 5.32 Å². The third kappa shape index (κ3) is 5.22. The van der Waals surface area contributed by atoms with E-state index in [1.165, 1.54) is 0 Å². The molecule has 0 unspecified atom stereocenters. The van der Waals surface area contributed by atoms with Crippen molar-refractivity contribution in [1.82, 2.24) is 10.2 Å². The van der Waals surface area contributed by atoms with Crippen molar-refractivity contribution >= 4 is 23.4 Å². The second-order valence-corrected chi connectivity index (χ2v) is 6.73. The van der Waals surface area contributed by atoms with E-state index < -0.39 is 6.09 Å². The highest BCUT2D eigenvalue weighted by atomic mass is 32.1. The molecule has 1 aliphatic rings. The molecule has 0 bridgehead atoms. The van der Waals surface area contributed by atoms with Crippen molar-refractivity contribution in [2.24, 2.45) is 11.7 Å². The average Bonchev–Trinajstić information content (AvgIpc) is 2.25. The molecule has 1 amide bonds. The van der Waals surface area contributed by atoms with Gasteiger partial charge >= 0.3 is 6.09 Å². The standard InChI is InChI=1S/C13H25N3O2S/c1-13(2,3)16(12(17)18)8-9-4-6-10(7-5-9)15-11(14)19/h9-10H,4-8H2,1-3H3,(H,17,18)(H3,14,15,19)/t9-,10-. The zero-order chi connectivity index (χ0) is 14.6. The molecule has 0 aliphatic heterocycles. The molecule has 1 saturated carbocycles. The van der Waals surface area contributed by atoms with Crippen LogP contribution in [0.25, 0.3) is 0 Å². The minimum absolute atomic E-state index is 0.347. The summed E-state index contributed by atoms with van der Waals surface area (Å²) in [6.07, 6.45) is 3.19. The molecule has 0 atom stereocenters. The van der Waals surface area contributed by atoms with Crippen molar-refractivity contribution in [3.05, 3.63) is 0 Å². The largest absolute Gasteiger partial charge is 0.465 e. The van der Waals surface area contributed by atoms with E-state index in [0.29, 0.717) is 23.6 Å². The lowest BCUT2D eigenvalue weighted by atomic mass is 9.85. The number of nitrogens with two attached hydrogens (primary N) is 1. The molecule has 0 aromatic rings. The summed E-state index contributed by atoms with van der Waals surface area (Å²) in [7, 11) is 0. The minimum atomic E-state index is -0.837. The zero-order valence-electron chi connectivity index (χ0n) is 12.0. The first-order valence-electron chi connectivity index (χ1n) is 6.76. The zero-order valence-corrected chi connectivity index (χ0v) is 12.8. The summed E-state index contributed by atoms with van der Waals surface area (Å²) in [5.74, 6) is 0.430. The Morgan fingerprint density at radius 2 is 1.89 bits per heavy atom. The maximum Gasteiger partial charge on any atom is 0.407 e. The van der Waals surface area contributed by atoms with Gasteiger partial charge in [0.25, 0.3) is 0 Å². The van der Waals surface area contributed by atoms with Gasteiger partial charge in [0.15, 0.2) is 5.11 Å². The Hall–Kier alpha value is -1.04. The fourth-order valence-corrected chi connectivity index (χ4v) is 2.75. The van der Waals surface area contributed by atoms with Crippen LogP contribution < -0.4 is 11.1 Å². The number of hydrogen-bond donors (Lipinski definition) is 3. The first kappa shape index (κ1) is 16.0. The van der Waals surface area contributed by atoms with Gasteiger partial charge in [-0.15, -0.1) is 0 Å². The Balaban J connectivity index is 2.47. The van der Waals surface area contributed by atoms with Crippen molar-refractivity contribution in [2.45, 2.75) is 58.0 Å². The number of carboxylic acid groups (broad SMARTS) is 1. The monoisotopic (exact) mass is 287 g/mol. The first-order valence-corrected chi connectivity index (χ1v) is 7.17. The predicted octanol–water partition coefficient (Wildman–Crippen LogP) is 2.16. The summed E-state index contributed by atoms with van der Waals surface area (Å²) in [6.45, 7) is 6.40. The molecule has 0 heterocycles. The molecule has 6 heteroatoms. The lowest BCUT2D eigenvalue weighted by Crippen LogP contribution is -2.48. The highest BCUT2D eigenvalue weighted by Crippen LogP contribution is 2.27. The highest BCUT2D eigenvalue weighted by molar-refractivity contribution is 7.80. The summed E-state index contributed by atoms with van der Waals surface area (Å²) in [4.78, 5) is 12.9. The molecule has 110 valence electrons. The quantitative estimate of drug-likeness (QED) is 0.693. The van der Waals surface area contributed by atoms with E-state index in [1.54, 1.807) is 4.90 Å². The van der Waals surface area contributed by atoms with Crippen molar-refractivity contribution < 1.29 is 9.90 Å².